The van der Waals surface area contributed by atoms with E-state index in [4.69, 9.17) is 9.26 Å². The maximum Gasteiger partial charge on any atom is 0.191 e. The highest BCUT2D eigenvalue weighted by molar-refractivity contribution is 14.0. The van der Waals surface area contributed by atoms with Crippen molar-refractivity contribution in [1.29, 1.82) is 0 Å². The number of aryl methyl sites for hydroxylation is 3. The lowest BCUT2D eigenvalue weighted by atomic mass is 10.1. The molecule has 0 fully saturated rings. The minimum atomic E-state index is 0. The van der Waals surface area contributed by atoms with Gasteiger partial charge in [0, 0.05) is 18.5 Å². The van der Waals surface area contributed by atoms with Crippen molar-refractivity contribution in [2.75, 3.05) is 19.7 Å². The molecule has 0 atom stereocenters. The summed E-state index contributed by atoms with van der Waals surface area (Å²) in [6.07, 6.45) is 1.68. The van der Waals surface area contributed by atoms with Gasteiger partial charge in [-0.2, -0.15) is 0 Å². The zero-order valence-electron chi connectivity index (χ0n) is 16.7. The van der Waals surface area contributed by atoms with Crippen LogP contribution in [0.15, 0.2) is 33.8 Å². The first-order valence-corrected chi connectivity index (χ1v) is 9.35. The topological polar surface area (TPSA) is 71.7 Å². The van der Waals surface area contributed by atoms with Crippen LogP contribution in [-0.4, -0.2) is 30.8 Å². The highest BCUT2D eigenvalue weighted by Gasteiger charge is 2.13. The second kappa shape index (κ2) is 12.6. The smallest absolute Gasteiger partial charge is 0.191 e. The van der Waals surface area contributed by atoms with Crippen molar-refractivity contribution in [1.82, 2.24) is 15.8 Å². The summed E-state index contributed by atoms with van der Waals surface area (Å²) in [4.78, 5) is 4.67. The molecule has 2 rings (SSSR count). The Morgan fingerprint density at radius 3 is 2.67 bits per heavy atom. The summed E-state index contributed by atoms with van der Waals surface area (Å²) >= 11 is 0. The molecule has 27 heavy (non-hydrogen) atoms. The Morgan fingerprint density at radius 2 is 2.00 bits per heavy atom. The van der Waals surface area contributed by atoms with Crippen LogP contribution < -0.4 is 15.4 Å². The number of hydrogen-bond acceptors (Lipinski definition) is 4. The van der Waals surface area contributed by atoms with Crippen molar-refractivity contribution in [2.24, 2.45) is 4.99 Å². The van der Waals surface area contributed by atoms with Crippen LogP contribution in [0.1, 0.15) is 43.4 Å². The van der Waals surface area contributed by atoms with Crippen LogP contribution in [0.3, 0.4) is 0 Å². The van der Waals surface area contributed by atoms with E-state index in [0.717, 1.165) is 48.1 Å². The van der Waals surface area contributed by atoms with E-state index in [1.54, 1.807) is 0 Å². The Morgan fingerprint density at radius 1 is 1.19 bits per heavy atom. The number of benzene rings is 1. The van der Waals surface area contributed by atoms with Crippen LogP contribution >= 0.6 is 24.0 Å². The van der Waals surface area contributed by atoms with Gasteiger partial charge in [-0.1, -0.05) is 31.1 Å². The molecule has 0 amide bonds. The van der Waals surface area contributed by atoms with Gasteiger partial charge < -0.3 is 19.9 Å². The molecule has 2 N–H and O–H groups in total. The quantitative estimate of drug-likeness (QED) is 0.244. The molecule has 0 unspecified atom stereocenters. The Kier molecular flexibility index (Phi) is 10.8. The number of ether oxygens (including phenoxy) is 1. The van der Waals surface area contributed by atoms with Crippen molar-refractivity contribution in [3.05, 3.63) is 46.8 Å². The van der Waals surface area contributed by atoms with Crippen LogP contribution in [0.5, 0.6) is 5.75 Å². The molecule has 6 nitrogen and oxygen atoms in total. The van der Waals surface area contributed by atoms with Crippen molar-refractivity contribution >= 4 is 29.9 Å². The number of rotatable bonds is 9. The molecule has 1 aromatic heterocycles. The number of nitrogens with one attached hydrogen (secondary N) is 2. The van der Waals surface area contributed by atoms with Gasteiger partial charge in [0.05, 0.1) is 18.8 Å². The summed E-state index contributed by atoms with van der Waals surface area (Å²) in [5.74, 6) is 2.58. The SMILES string of the molecule is CCNC(=NCc1c(CC)noc1CC)NCCOc1cccc(C)c1.I. The van der Waals surface area contributed by atoms with E-state index < -0.39 is 0 Å². The zero-order chi connectivity index (χ0) is 18.8. The monoisotopic (exact) mass is 486 g/mol. The van der Waals surface area contributed by atoms with Crippen LogP contribution in [0, 0.1) is 6.92 Å². The fourth-order valence-corrected chi connectivity index (χ4v) is 2.66. The molecular weight excluding hydrogens is 455 g/mol. The van der Waals surface area contributed by atoms with Crippen molar-refractivity contribution < 1.29 is 9.26 Å². The number of nitrogens with zero attached hydrogens (tertiary/aromatic N) is 2. The van der Waals surface area contributed by atoms with Crippen molar-refractivity contribution in [3.8, 4) is 5.75 Å². The van der Waals surface area contributed by atoms with E-state index in [0.29, 0.717) is 19.7 Å². The van der Waals surface area contributed by atoms with Gasteiger partial charge in [-0.3, -0.25) is 0 Å². The predicted octanol–water partition coefficient (Wildman–Crippen LogP) is 3.86. The van der Waals surface area contributed by atoms with E-state index in [2.05, 4.69) is 54.5 Å². The molecule has 150 valence electrons. The van der Waals surface area contributed by atoms with E-state index >= 15 is 0 Å². The van der Waals surface area contributed by atoms with E-state index in [1.165, 1.54) is 5.56 Å². The van der Waals surface area contributed by atoms with Crippen LogP contribution in [0.4, 0.5) is 0 Å². The lowest BCUT2D eigenvalue weighted by Gasteiger charge is -2.12. The first-order valence-electron chi connectivity index (χ1n) is 9.35. The fraction of sp³-hybridized carbons (Fsp3) is 0.500. The number of guanidine groups is 1. The van der Waals surface area contributed by atoms with Crippen LogP contribution in [0.2, 0.25) is 0 Å². The van der Waals surface area contributed by atoms with Crippen molar-refractivity contribution in [3.63, 3.8) is 0 Å². The molecule has 0 aliphatic rings. The maximum atomic E-state index is 5.77. The van der Waals surface area contributed by atoms with Gasteiger partial charge in [0.25, 0.3) is 0 Å². The summed E-state index contributed by atoms with van der Waals surface area (Å²) in [5, 5.41) is 10.7. The first kappa shape index (κ1) is 23.3. The van der Waals surface area contributed by atoms with Crippen molar-refractivity contribution in [2.45, 2.75) is 47.1 Å². The minimum absolute atomic E-state index is 0. The molecular formula is C20H31IN4O2. The highest BCUT2D eigenvalue weighted by Crippen LogP contribution is 2.16. The highest BCUT2D eigenvalue weighted by atomic mass is 127. The lowest BCUT2D eigenvalue weighted by molar-refractivity contribution is 0.321. The number of hydrogen-bond donors (Lipinski definition) is 2. The van der Waals surface area contributed by atoms with Gasteiger partial charge >= 0.3 is 0 Å². The number of halogens is 1. The van der Waals surface area contributed by atoms with E-state index in [-0.39, 0.29) is 24.0 Å². The molecule has 0 bridgehead atoms. The maximum absolute atomic E-state index is 5.77. The second-order valence-electron chi connectivity index (χ2n) is 6.03. The third-order valence-electron chi connectivity index (χ3n) is 4.00. The Labute approximate surface area is 179 Å². The average Bonchev–Trinajstić information content (AvgIpc) is 3.05. The normalized spacial score (nSPS) is 11.0. The number of aliphatic imine (C=N–C) groups is 1. The van der Waals surface area contributed by atoms with Crippen LogP contribution in [-0.2, 0) is 19.4 Å². The largest absolute Gasteiger partial charge is 0.492 e. The lowest BCUT2D eigenvalue weighted by Crippen LogP contribution is -2.39. The van der Waals surface area contributed by atoms with Gasteiger partial charge in [-0.25, -0.2) is 4.99 Å². The summed E-state index contributed by atoms with van der Waals surface area (Å²) in [5.41, 5.74) is 3.28. The molecule has 2 aromatic rings. The third-order valence-corrected chi connectivity index (χ3v) is 4.00. The number of aromatic nitrogens is 1. The standard InChI is InChI=1S/C20H30N4O2.HI/c1-5-18-17(19(6-2)26-24-18)14-23-20(21-7-3)22-11-12-25-16-10-8-9-15(4)13-16;/h8-10,13H,5-7,11-12,14H2,1-4H3,(H2,21,22,23);1H. The summed E-state index contributed by atoms with van der Waals surface area (Å²) in [7, 11) is 0. The Balaban J connectivity index is 0.00000364. The van der Waals surface area contributed by atoms with Gasteiger partial charge in [0.1, 0.15) is 18.1 Å². The predicted molar refractivity (Wildman–Crippen MR) is 120 cm³/mol. The van der Waals surface area contributed by atoms with Crippen LogP contribution in [0.25, 0.3) is 0 Å². The van der Waals surface area contributed by atoms with E-state index in [1.807, 2.05) is 18.2 Å². The summed E-state index contributed by atoms with van der Waals surface area (Å²) < 4.78 is 11.2. The molecule has 0 radical (unpaired) electrons. The van der Waals surface area contributed by atoms with E-state index in [9.17, 15) is 0 Å². The molecule has 0 saturated heterocycles. The Bertz CT molecular complexity index is 694. The first-order chi connectivity index (χ1) is 12.7. The van der Waals surface area contributed by atoms with Gasteiger partial charge in [0.15, 0.2) is 5.96 Å². The van der Waals surface area contributed by atoms with Gasteiger partial charge in [-0.15, -0.1) is 24.0 Å². The molecule has 1 aromatic carbocycles. The molecule has 0 saturated carbocycles. The second-order valence-corrected chi connectivity index (χ2v) is 6.03. The molecule has 7 heteroatoms. The molecule has 0 aliphatic heterocycles. The molecule has 0 aliphatic carbocycles. The zero-order valence-corrected chi connectivity index (χ0v) is 19.0. The molecule has 1 heterocycles. The van der Waals surface area contributed by atoms with Gasteiger partial charge in [-0.05, 0) is 38.0 Å². The van der Waals surface area contributed by atoms with Gasteiger partial charge in [0.2, 0.25) is 0 Å². The minimum Gasteiger partial charge on any atom is -0.492 e. The average molecular weight is 486 g/mol. The fourth-order valence-electron chi connectivity index (χ4n) is 2.66. The molecule has 0 spiro atoms. The summed E-state index contributed by atoms with van der Waals surface area (Å²) in [6.45, 7) is 10.9. The third kappa shape index (κ3) is 7.40. The Hall–Kier alpha value is -1.77. The summed E-state index contributed by atoms with van der Waals surface area (Å²) in [6, 6.07) is 8.06.